The molecule has 0 atom stereocenters. The first-order chi connectivity index (χ1) is 10.1. The van der Waals surface area contributed by atoms with Gasteiger partial charge in [0.15, 0.2) is 0 Å². The Labute approximate surface area is 132 Å². The number of nitrogens with two attached hydrogens (primary N) is 1. The predicted molar refractivity (Wildman–Crippen MR) is 88.2 cm³/mol. The van der Waals surface area contributed by atoms with E-state index >= 15 is 0 Å². The summed E-state index contributed by atoms with van der Waals surface area (Å²) < 4.78 is 5.08. The topological polar surface area (TPSA) is 64.3 Å². The minimum absolute atomic E-state index is 0.134. The summed E-state index contributed by atoms with van der Waals surface area (Å²) >= 11 is 7.31. The van der Waals surface area contributed by atoms with Gasteiger partial charge >= 0.3 is 0 Å². The number of carbonyl (C=O) groups is 1. The maximum absolute atomic E-state index is 11.9. The summed E-state index contributed by atoms with van der Waals surface area (Å²) in [5, 5.41) is 3.28. The molecular weight excluding hydrogens is 308 g/mol. The minimum Gasteiger partial charge on any atom is -0.497 e. The summed E-state index contributed by atoms with van der Waals surface area (Å²) in [6.45, 7) is 0. The first kappa shape index (κ1) is 15.5. The van der Waals surface area contributed by atoms with Crippen LogP contribution >= 0.6 is 23.4 Å². The van der Waals surface area contributed by atoms with Crippen LogP contribution in [-0.2, 0) is 4.79 Å². The molecule has 2 aromatic rings. The lowest BCUT2D eigenvalue weighted by Crippen LogP contribution is -2.15. The number of benzene rings is 2. The number of ether oxygens (including phenoxy) is 1. The van der Waals surface area contributed by atoms with Crippen molar-refractivity contribution in [2.24, 2.45) is 0 Å². The second-order valence-electron chi connectivity index (χ2n) is 4.24. The molecule has 0 unspecified atom stereocenters. The molecule has 4 nitrogen and oxygen atoms in total. The maximum Gasteiger partial charge on any atom is 0.234 e. The number of hydrogen-bond donors (Lipinski definition) is 2. The van der Waals surface area contributed by atoms with Crippen LogP contribution in [0.3, 0.4) is 0 Å². The zero-order valence-corrected chi connectivity index (χ0v) is 13.0. The fourth-order valence-electron chi connectivity index (χ4n) is 1.64. The van der Waals surface area contributed by atoms with Crippen LogP contribution in [0.25, 0.3) is 0 Å². The second-order valence-corrected chi connectivity index (χ2v) is 5.73. The monoisotopic (exact) mass is 322 g/mol. The first-order valence-corrected chi connectivity index (χ1v) is 7.56. The van der Waals surface area contributed by atoms with Gasteiger partial charge in [-0.1, -0.05) is 11.6 Å². The van der Waals surface area contributed by atoms with E-state index in [9.17, 15) is 4.79 Å². The summed E-state index contributed by atoms with van der Waals surface area (Å²) in [6.07, 6.45) is 0. The van der Waals surface area contributed by atoms with Gasteiger partial charge in [0.25, 0.3) is 0 Å². The number of thioether (sulfide) groups is 1. The molecule has 1 amide bonds. The van der Waals surface area contributed by atoms with Crippen molar-refractivity contribution in [2.45, 2.75) is 4.90 Å². The van der Waals surface area contributed by atoms with E-state index in [0.717, 1.165) is 10.6 Å². The third-order valence-corrected chi connectivity index (χ3v) is 3.97. The molecular formula is C15H15ClN2O2S. The molecule has 2 aromatic carbocycles. The Kier molecular flexibility index (Phi) is 5.36. The lowest BCUT2D eigenvalue weighted by atomic mass is 10.2. The van der Waals surface area contributed by atoms with Crippen LogP contribution in [0.4, 0.5) is 11.4 Å². The van der Waals surface area contributed by atoms with Gasteiger partial charge in [-0.2, -0.15) is 0 Å². The average molecular weight is 323 g/mol. The summed E-state index contributed by atoms with van der Waals surface area (Å²) in [4.78, 5) is 12.9. The SMILES string of the molecule is COc1ccc(SCC(=O)Nc2cc(Cl)ccc2N)cc1. The Morgan fingerprint density at radius 2 is 2.00 bits per heavy atom. The van der Waals surface area contributed by atoms with Gasteiger partial charge in [0.05, 0.1) is 24.2 Å². The van der Waals surface area contributed by atoms with Crippen molar-refractivity contribution >= 4 is 40.6 Å². The summed E-state index contributed by atoms with van der Waals surface area (Å²) in [6, 6.07) is 12.5. The van der Waals surface area contributed by atoms with E-state index in [1.54, 1.807) is 25.3 Å². The van der Waals surface area contributed by atoms with Gasteiger partial charge in [-0.05, 0) is 42.5 Å². The van der Waals surface area contributed by atoms with Crippen molar-refractivity contribution in [1.82, 2.24) is 0 Å². The van der Waals surface area contributed by atoms with Gasteiger partial charge < -0.3 is 15.8 Å². The Morgan fingerprint density at radius 3 is 2.67 bits per heavy atom. The molecule has 0 aliphatic heterocycles. The number of anilines is 2. The molecule has 0 saturated carbocycles. The quantitative estimate of drug-likeness (QED) is 0.651. The van der Waals surface area contributed by atoms with Crippen molar-refractivity contribution in [3.8, 4) is 5.75 Å². The smallest absolute Gasteiger partial charge is 0.234 e. The molecule has 21 heavy (non-hydrogen) atoms. The van der Waals surface area contributed by atoms with E-state index in [2.05, 4.69) is 5.32 Å². The van der Waals surface area contributed by atoms with Gasteiger partial charge in [-0.15, -0.1) is 11.8 Å². The van der Waals surface area contributed by atoms with Gasteiger partial charge in [-0.3, -0.25) is 4.79 Å². The van der Waals surface area contributed by atoms with Crippen LogP contribution in [0.1, 0.15) is 0 Å². The number of methoxy groups -OCH3 is 1. The highest BCUT2D eigenvalue weighted by Crippen LogP contribution is 2.24. The number of amides is 1. The van der Waals surface area contributed by atoms with Crippen molar-refractivity contribution in [3.05, 3.63) is 47.5 Å². The van der Waals surface area contributed by atoms with Crippen LogP contribution in [0.15, 0.2) is 47.4 Å². The second kappa shape index (κ2) is 7.24. The van der Waals surface area contributed by atoms with Crippen LogP contribution < -0.4 is 15.8 Å². The molecule has 0 aromatic heterocycles. The van der Waals surface area contributed by atoms with Gasteiger partial charge in [0.1, 0.15) is 5.75 Å². The summed E-state index contributed by atoms with van der Waals surface area (Å²) in [5.74, 6) is 0.943. The fraction of sp³-hybridized carbons (Fsp3) is 0.133. The highest BCUT2D eigenvalue weighted by molar-refractivity contribution is 8.00. The molecule has 0 aliphatic carbocycles. The molecule has 0 heterocycles. The highest BCUT2D eigenvalue weighted by Gasteiger charge is 2.07. The van der Waals surface area contributed by atoms with Gasteiger partial charge in [0, 0.05) is 9.92 Å². The van der Waals surface area contributed by atoms with Crippen LogP contribution in [0, 0.1) is 0 Å². The molecule has 0 radical (unpaired) electrons. The van der Waals surface area contributed by atoms with Gasteiger partial charge in [0.2, 0.25) is 5.91 Å². The van der Waals surface area contributed by atoms with Crippen molar-refractivity contribution in [1.29, 1.82) is 0 Å². The number of carbonyl (C=O) groups excluding carboxylic acids is 1. The average Bonchev–Trinajstić information content (AvgIpc) is 2.49. The molecule has 0 fully saturated rings. The molecule has 0 saturated heterocycles. The first-order valence-electron chi connectivity index (χ1n) is 6.20. The molecule has 0 spiro atoms. The van der Waals surface area contributed by atoms with Gasteiger partial charge in [-0.25, -0.2) is 0 Å². The number of halogens is 1. The van der Waals surface area contributed by atoms with Crippen molar-refractivity contribution < 1.29 is 9.53 Å². The summed E-state index contributed by atoms with van der Waals surface area (Å²) in [5.41, 5.74) is 6.80. The van der Waals surface area contributed by atoms with E-state index < -0.39 is 0 Å². The van der Waals surface area contributed by atoms with Crippen molar-refractivity contribution in [2.75, 3.05) is 23.9 Å². The molecule has 6 heteroatoms. The Hall–Kier alpha value is -1.85. The van der Waals surface area contributed by atoms with E-state index in [1.807, 2.05) is 24.3 Å². The maximum atomic E-state index is 11.9. The largest absolute Gasteiger partial charge is 0.497 e. The minimum atomic E-state index is -0.134. The third kappa shape index (κ3) is 4.58. The number of rotatable bonds is 5. The third-order valence-electron chi connectivity index (χ3n) is 2.72. The molecule has 0 aliphatic rings. The molecule has 110 valence electrons. The number of hydrogen-bond acceptors (Lipinski definition) is 4. The highest BCUT2D eigenvalue weighted by atomic mass is 35.5. The van der Waals surface area contributed by atoms with E-state index in [4.69, 9.17) is 22.1 Å². The van der Waals surface area contributed by atoms with Crippen LogP contribution in [0.2, 0.25) is 5.02 Å². The Bertz CT molecular complexity index is 632. The Balaban J connectivity index is 1.91. The normalized spacial score (nSPS) is 10.2. The lowest BCUT2D eigenvalue weighted by Gasteiger charge is -2.08. The predicted octanol–water partition coefficient (Wildman–Crippen LogP) is 3.66. The number of nitrogen functional groups attached to an aromatic ring is 1. The van der Waals surface area contributed by atoms with E-state index in [0.29, 0.717) is 16.4 Å². The Morgan fingerprint density at radius 1 is 1.29 bits per heavy atom. The van der Waals surface area contributed by atoms with Crippen LogP contribution in [-0.4, -0.2) is 18.8 Å². The van der Waals surface area contributed by atoms with Crippen molar-refractivity contribution in [3.63, 3.8) is 0 Å². The van der Waals surface area contributed by atoms with Crippen LogP contribution in [0.5, 0.6) is 5.75 Å². The number of nitrogens with one attached hydrogen (secondary N) is 1. The van der Waals surface area contributed by atoms with E-state index in [-0.39, 0.29) is 11.7 Å². The zero-order chi connectivity index (χ0) is 15.2. The molecule has 2 rings (SSSR count). The molecule has 3 N–H and O–H groups in total. The standard InChI is InChI=1S/C15H15ClN2O2S/c1-20-11-3-5-12(6-4-11)21-9-15(19)18-14-8-10(16)2-7-13(14)17/h2-8H,9,17H2,1H3,(H,18,19). The fourth-order valence-corrected chi connectivity index (χ4v) is 2.51. The lowest BCUT2D eigenvalue weighted by molar-refractivity contribution is -0.113. The summed E-state index contributed by atoms with van der Waals surface area (Å²) in [7, 11) is 1.62. The zero-order valence-electron chi connectivity index (χ0n) is 11.4. The van der Waals surface area contributed by atoms with E-state index in [1.165, 1.54) is 11.8 Å². The molecule has 0 bridgehead atoms.